The molecule has 0 aromatic heterocycles. The molecule has 4 nitrogen and oxygen atoms in total. The number of rotatable bonds is 4. The predicted octanol–water partition coefficient (Wildman–Crippen LogP) is 0.631. The Morgan fingerprint density at radius 3 is 2.64 bits per heavy atom. The molecule has 1 saturated heterocycles. The molecule has 1 heterocycles. The monoisotopic (exact) mass is 199 g/mol. The van der Waals surface area contributed by atoms with Crippen LogP contribution in [0.5, 0.6) is 0 Å². The van der Waals surface area contributed by atoms with Gasteiger partial charge in [-0.05, 0) is 19.3 Å². The second kappa shape index (κ2) is 5.98. The number of nitrogens with two attached hydrogens (primary N) is 1. The van der Waals surface area contributed by atoms with Crippen LogP contribution in [0.15, 0.2) is 0 Å². The molecule has 0 aromatic rings. The van der Waals surface area contributed by atoms with Gasteiger partial charge in [-0.2, -0.15) is 0 Å². The summed E-state index contributed by atoms with van der Waals surface area (Å²) in [6.45, 7) is 3.96. The zero-order chi connectivity index (χ0) is 10.4. The highest BCUT2D eigenvalue weighted by molar-refractivity contribution is 5.75. The highest BCUT2D eigenvalue weighted by atomic mass is 16.2. The van der Waals surface area contributed by atoms with Gasteiger partial charge in [0, 0.05) is 25.6 Å². The van der Waals surface area contributed by atoms with Crippen LogP contribution in [0.25, 0.3) is 0 Å². The molecule has 0 spiro atoms. The van der Waals surface area contributed by atoms with E-state index in [4.69, 9.17) is 5.73 Å². The molecule has 82 valence electrons. The van der Waals surface area contributed by atoms with E-state index in [9.17, 15) is 4.79 Å². The Bertz CT molecular complexity index is 178. The highest BCUT2D eigenvalue weighted by Gasteiger charge is 2.13. The molecule has 0 saturated carbocycles. The third-order valence-electron chi connectivity index (χ3n) is 2.61. The van der Waals surface area contributed by atoms with Crippen LogP contribution >= 0.6 is 0 Å². The van der Waals surface area contributed by atoms with Crippen molar-refractivity contribution in [3.63, 3.8) is 0 Å². The lowest BCUT2D eigenvalue weighted by Gasteiger charge is -2.27. The summed E-state index contributed by atoms with van der Waals surface area (Å²) >= 11 is 0. The third kappa shape index (κ3) is 4.07. The molecule has 1 amide bonds. The van der Waals surface area contributed by atoms with Gasteiger partial charge in [-0.15, -0.1) is 0 Å². The van der Waals surface area contributed by atoms with E-state index in [1.165, 1.54) is 19.3 Å². The Morgan fingerprint density at radius 2 is 2.07 bits per heavy atom. The van der Waals surface area contributed by atoms with Gasteiger partial charge in [-0.1, -0.05) is 13.3 Å². The van der Waals surface area contributed by atoms with Crippen LogP contribution < -0.4 is 11.2 Å². The number of carbonyl (C=O) groups is 1. The number of carbonyl (C=O) groups excluding carboxylic acids is 1. The first-order valence-corrected chi connectivity index (χ1v) is 5.52. The smallest absolute Gasteiger partial charge is 0.235 e. The third-order valence-corrected chi connectivity index (χ3v) is 2.61. The van der Waals surface area contributed by atoms with Crippen LogP contribution in [0.4, 0.5) is 0 Å². The Morgan fingerprint density at radius 1 is 1.43 bits per heavy atom. The summed E-state index contributed by atoms with van der Waals surface area (Å²) < 4.78 is 0. The molecule has 3 N–H and O–H groups in total. The predicted molar refractivity (Wildman–Crippen MR) is 56.5 cm³/mol. The normalized spacial score (nSPS) is 20.4. The van der Waals surface area contributed by atoms with E-state index in [2.05, 4.69) is 5.43 Å². The van der Waals surface area contributed by atoms with Crippen LogP contribution in [0.3, 0.4) is 0 Å². The molecular formula is C10H21N3O. The molecule has 14 heavy (non-hydrogen) atoms. The van der Waals surface area contributed by atoms with Crippen molar-refractivity contribution in [2.45, 2.75) is 45.1 Å². The molecule has 4 heteroatoms. The molecule has 1 unspecified atom stereocenters. The number of piperidine rings is 1. The quantitative estimate of drug-likeness (QED) is 0.698. The van der Waals surface area contributed by atoms with Crippen LogP contribution in [-0.4, -0.2) is 30.0 Å². The van der Waals surface area contributed by atoms with Crippen molar-refractivity contribution in [3.8, 4) is 0 Å². The SMILES string of the molecule is CCC(N)CC(=O)NN1CCCCC1. The molecule has 1 atom stereocenters. The number of hydrogen-bond donors (Lipinski definition) is 2. The summed E-state index contributed by atoms with van der Waals surface area (Å²) in [6.07, 6.45) is 4.93. The van der Waals surface area contributed by atoms with Crippen LogP contribution in [0.2, 0.25) is 0 Å². The second-order valence-corrected chi connectivity index (χ2v) is 3.96. The zero-order valence-corrected chi connectivity index (χ0v) is 8.96. The molecule has 1 aliphatic rings. The van der Waals surface area contributed by atoms with Gasteiger partial charge in [0.05, 0.1) is 0 Å². The van der Waals surface area contributed by atoms with Crippen LogP contribution in [0, 0.1) is 0 Å². The zero-order valence-electron chi connectivity index (χ0n) is 8.96. The molecule has 1 aliphatic heterocycles. The lowest BCUT2D eigenvalue weighted by atomic mass is 10.1. The van der Waals surface area contributed by atoms with Gasteiger partial charge in [0.2, 0.25) is 5.91 Å². The highest BCUT2D eigenvalue weighted by Crippen LogP contribution is 2.06. The first kappa shape index (κ1) is 11.5. The number of nitrogens with zero attached hydrogens (tertiary/aromatic N) is 1. The fourth-order valence-electron chi connectivity index (χ4n) is 1.61. The molecule has 0 bridgehead atoms. The van der Waals surface area contributed by atoms with Crippen molar-refractivity contribution in [1.82, 2.24) is 10.4 Å². The lowest BCUT2D eigenvalue weighted by molar-refractivity contribution is -0.126. The van der Waals surface area contributed by atoms with Crippen molar-refractivity contribution < 1.29 is 4.79 Å². The fraction of sp³-hybridized carbons (Fsp3) is 0.900. The van der Waals surface area contributed by atoms with Crippen molar-refractivity contribution >= 4 is 5.91 Å². The molecule has 1 rings (SSSR count). The van der Waals surface area contributed by atoms with E-state index in [1.807, 2.05) is 11.9 Å². The Kier molecular flexibility index (Phi) is 4.90. The minimum atomic E-state index is -0.000194. The van der Waals surface area contributed by atoms with E-state index in [0.29, 0.717) is 6.42 Å². The standard InChI is InChI=1S/C10H21N3O/c1-2-9(11)8-10(14)12-13-6-4-3-5-7-13/h9H,2-8,11H2,1H3,(H,12,14). The minimum Gasteiger partial charge on any atom is -0.327 e. The van der Waals surface area contributed by atoms with Gasteiger partial charge in [-0.3, -0.25) is 10.2 Å². The molecular weight excluding hydrogens is 178 g/mol. The van der Waals surface area contributed by atoms with Gasteiger partial charge < -0.3 is 5.73 Å². The molecule has 0 aliphatic carbocycles. The number of amides is 1. The van der Waals surface area contributed by atoms with Crippen molar-refractivity contribution in [1.29, 1.82) is 0 Å². The summed E-state index contributed by atoms with van der Waals surface area (Å²) in [5.41, 5.74) is 8.60. The van der Waals surface area contributed by atoms with Gasteiger partial charge in [0.25, 0.3) is 0 Å². The van der Waals surface area contributed by atoms with Gasteiger partial charge >= 0.3 is 0 Å². The van der Waals surface area contributed by atoms with Crippen molar-refractivity contribution in [2.75, 3.05) is 13.1 Å². The van der Waals surface area contributed by atoms with Crippen molar-refractivity contribution in [2.24, 2.45) is 5.73 Å². The van der Waals surface area contributed by atoms with E-state index in [-0.39, 0.29) is 11.9 Å². The van der Waals surface area contributed by atoms with Crippen LogP contribution in [0.1, 0.15) is 39.0 Å². The first-order chi connectivity index (χ1) is 6.72. The van der Waals surface area contributed by atoms with Crippen molar-refractivity contribution in [3.05, 3.63) is 0 Å². The summed E-state index contributed by atoms with van der Waals surface area (Å²) in [5.74, 6) is 0.0567. The van der Waals surface area contributed by atoms with E-state index >= 15 is 0 Å². The summed E-state index contributed by atoms with van der Waals surface area (Å²) in [7, 11) is 0. The first-order valence-electron chi connectivity index (χ1n) is 5.52. The maximum atomic E-state index is 11.4. The number of nitrogens with one attached hydrogen (secondary N) is 1. The topological polar surface area (TPSA) is 58.4 Å². The van der Waals surface area contributed by atoms with Gasteiger partial charge in [0.1, 0.15) is 0 Å². The number of hydrazine groups is 1. The van der Waals surface area contributed by atoms with Gasteiger partial charge in [-0.25, -0.2) is 5.01 Å². The minimum absolute atomic E-state index is 0.000194. The molecule has 1 fully saturated rings. The summed E-state index contributed by atoms with van der Waals surface area (Å²) in [5, 5.41) is 2.01. The average molecular weight is 199 g/mol. The maximum Gasteiger partial charge on any atom is 0.235 e. The average Bonchev–Trinajstić information content (AvgIpc) is 2.19. The Labute approximate surface area is 85.8 Å². The van der Waals surface area contributed by atoms with Gasteiger partial charge in [0.15, 0.2) is 0 Å². The lowest BCUT2D eigenvalue weighted by Crippen LogP contribution is -2.46. The Hall–Kier alpha value is -0.610. The fourth-order valence-corrected chi connectivity index (χ4v) is 1.61. The maximum absolute atomic E-state index is 11.4. The molecule has 0 aromatic carbocycles. The second-order valence-electron chi connectivity index (χ2n) is 3.96. The van der Waals surface area contributed by atoms with E-state index in [1.54, 1.807) is 0 Å². The summed E-state index contributed by atoms with van der Waals surface area (Å²) in [6, 6.07) is -0.000194. The number of hydrogen-bond acceptors (Lipinski definition) is 3. The largest absolute Gasteiger partial charge is 0.327 e. The van der Waals surface area contributed by atoms with E-state index < -0.39 is 0 Å². The molecule has 0 radical (unpaired) electrons. The summed E-state index contributed by atoms with van der Waals surface area (Å²) in [4.78, 5) is 11.4. The van der Waals surface area contributed by atoms with E-state index in [0.717, 1.165) is 19.5 Å². The van der Waals surface area contributed by atoms with Crippen LogP contribution in [-0.2, 0) is 4.79 Å². The Balaban J connectivity index is 2.18.